The topological polar surface area (TPSA) is 75.1 Å². The lowest BCUT2D eigenvalue weighted by molar-refractivity contribution is 0.0949. The second-order valence-electron chi connectivity index (χ2n) is 5.08. The van der Waals surface area contributed by atoms with Gasteiger partial charge in [0.1, 0.15) is 0 Å². The molecule has 0 bridgehead atoms. The van der Waals surface area contributed by atoms with E-state index in [1.807, 2.05) is 60.1 Å². The second kappa shape index (κ2) is 5.36. The van der Waals surface area contributed by atoms with Gasteiger partial charge in [0.05, 0.1) is 15.7 Å². The Morgan fingerprint density at radius 1 is 1.22 bits per heavy atom. The maximum absolute atomic E-state index is 12.3. The fourth-order valence-electron chi connectivity index (χ4n) is 2.48. The Morgan fingerprint density at radius 3 is 2.87 bits per heavy atom. The summed E-state index contributed by atoms with van der Waals surface area (Å²) in [4.78, 5) is 13.0. The number of nitrogens with one attached hydrogen (secondary N) is 2. The number of nitrogens with zero attached hydrogens (tertiary/aromatic N) is 3. The molecule has 0 aliphatic heterocycles. The van der Waals surface area contributed by atoms with Gasteiger partial charge in [-0.3, -0.25) is 9.89 Å². The highest BCUT2D eigenvalue weighted by Gasteiger charge is 2.13. The van der Waals surface area contributed by atoms with Crippen molar-refractivity contribution in [1.82, 2.24) is 20.2 Å². The van der Waals surface area contributed by atoms with E-state index < -0.39 is 0 Å². The number of para-hydroxylation sites is 2. The molecule has 2 aromatic carbocycles. The van der Waals surface area contributed by atoms with E-state index in [2.05, 4.69) is 20.7 Å². The van der Waals surface area contributed by atoms with Gasteiger partial charge < -0.3 is 4.57 Å². The SMILES string of the molecule is Cn1/c(=N/NC(=O)c2n[nH]c3ccccc23)sc2ccccc21. The standard InChI is InChI=1S/C16H13N5OS/c1-21-12-8-4-5-9-13(12)23-16(21)20-19-15(22)14-10-6-2-3-7-11(10)17-18-14/h2-9H,1H3,(H,17,18)(H,19,22)/b20-16-. The molecule has 7 heteroatoms. The van der Waals surface area contributed by atoms with Crippen molar-refractivity contribution in [3.05, 3.63) is 59.0 Å². The Bertz CT molecular complexity index is 1090. The maximum atomic E-state index is 12.3. The van der Waals surface area contributed by atoms with Crippen LogP contribution in [0.2, 0.25) is 0 Å². The Labute approximate surface area is 135 Å². The van der Waals surface area contributed by atoms with Gasteiger partial charge in [0.2, 0.25) is 4.80 Å². The largest absolute Gasteiger partial charge is 0.318 e. The zero-order valence-electron chi connectivity index (χ0n) is 12.3. The number of rotatable bonds is 2. The quantitative estimate of drug-likeness (QED) is 0.556. The monoisotopic (exact) mass is 323 g/mol. The first-order valence-electron chi connectivity index (χ1n) is 7.06. The minimum absolute atomic E-state index is 0.333. The van der Waals surface area contributed by atoms with Gasteiger partial charge in [0.15, 0.2) is 5.69 Å². The number of thiazole rings is 1. The average Bonchev–Trinajstić information content (AvgIpc) is 3.15. The number of aromatic nitrogens is 3. The number of hydrogen-bond acceptors (Lipinski definition) is 4. The first-order valence-corrected chi connectivity index (χ1v) is 7.87. The Hall–Kier alpha value is -2.93. The van der Waals surface area contributed by atoms with Gasteiger partial charge in [0.25, 0.3) is 5.91 Å². The van der Waals surface area contributed by atoms with Gasteiger partial charge >= 0.3 is 0 Å². The molecule has 23 heavy (non-hydrogen) atoms. The van der Waals surface area contributed by atoms with E-state index in [4.69, 9.17) is 0 Å². The van der Waals surface area contributed by atoms with Gasteiger partial charge in [-0.25, -0.2) is 5.43 Å². The van der Waals surface area contributed by atoms with Crippen LogP contribution in [0.1, 0.15) is 10.5 Å². The van der Waals surface area contributed by atoms with Crippen molar-refractivity contribution in [2.75, 3.05) is 0 Å². The van der Waals surface area contributed by atoms with Crippen LogP contribution < -0.4 is 10.2 Å². The number of amides is 1. The molecule has 0 aliphatic carbocycles. The van der Waals surface area contributed by atoms with Crippen molar-refractivity contribution in [1.29, 1.82) is 0 Å². The second-order valence-corrected chi connectivity index (χ2v) is 6.09. The summed E-state index contributed by atoms with van der Waals surface area (Å²) in [5.74, 6) is -0.333. The minimum atomic E-state index is -0.333. The van der Waals surface area contributed by atoms with Crippen LogP contribution in [0, 0.1) is 0 Å². The first-order chi connectivity index (χ1) is 11.2. The number of carbonyl (C=O) groups is 1. The molecule has 0 radical (unpaired) electrons. The van der Waals surface area contributed by atoms with Crippen LogP contribution in [-0.4, -0.2) is 20.7 Å². The fourth-order valence-corrected chi connectivity index (χ4v) is 3.46. The van der Waals surface area contributed by atoms with Crippen LogP contribution in [0.25, 0.3) is 21.1 Å². The number of fused-ring (bicyclic) bond motifs is 2. The third kappa shape index (κ3) is 2.31. The summed E-state index contributed by atoms with van der Waals surface area (Å²) in [6, 6.07) is 15.5. The lowest BCUT2D eigenvalue weighted by Crippen LogP contribution is -2.23. The molecule has 0 saturated heterocycles. The number of aryl methyl sites for hydroxylation is 1. The molecule has 4 rings (SSSR count). The fraction of sp³-hybridized carbons (Fsp3) is 0.0625. The molecule has 6 nitrogen and oxygen atoms in total. The zero-order valence-corrected chi connectivity index (χ0v) is 13.1. The zero-order chi connectivity index (χ0) is 15.8. The van der Waals surface area contributed by atoms with Crippen LogP contribution in [0.3, 0.4) is 0 Å². The van der Waals surface area contributed by atoms with Crippen molar-refractivity contribution in [2.45, 2.75) is 0 Å². The molecule has 114 valence electrons. The summed E-state index contributed by atoms with van der Waals surface area (Å²) in [6.45, 7) is 0. The highest BCUT2D eigenvalue weighted by atomic mass is 32.1. The van der Waals surface area contributed by atoms with E-state index in [9.17, 15) is 4.79 Å². The minimum Gasteiger partial charge on any atom is -0.318 e. The summed E-state index contributed by atoms with van der Waals surface area (Å²) in [6.07, 6.45) is 0. The average molecular weight is 323 g/mol. The summed E-state index contributed by atoms with van der Waals surface area (Å²) in [5.41, 5.74) is 4.83. The highest BCUT2D eigenvalue weighted by Crippen LogP contribution is 2.16. The van der Waals surface area contributed by atoms with Crippen molar-refractivity contribution in [3.63, 3.8) is 0 Å². The van der Waals surface area contributed by atoms with Crippen molar-refractivity contribution >= 4 is 38.4 Å². The van der Waals surface area contributed by atoms with E-state index in [1.165, 1.54) is 11.3 Å². The molecule has 2 aromatic heterocycles. The molecular weight excluding hydrogens is 310 g/mol. The molecule has 0 fully saturated rings. The molecular formula is C16H13N5OS. The van der Waals surface area contributed by atoms with Crippen LogP contribution in [0.15, 0.2) is 53.6 Å². The van der Waals surface area contributed by atoms with Crippen LogP contribution >= 0.6 is 11.3 Å². The molecule has 4 aromatic rings. The molecule has 2 N–H and O–H groups in total. The number of H-pyrrole nitrogens is 1. The maximum Gasteiger partial charge on any atom is 0.292 e. The van der Waals surface area contributed by atoms with Gasteiger partial charge in [0, 0.05) is 12.4 Å². The number of carbonyl (C=O) groups excluding carboxylic acids is 1. The normalized spacial score (nSPS) is 12.1. The van der Waals surface area contributed by atoms with E-state index in [-0.39, 0.29) is 5.91 Å². The summed E-state index contributed by atoms with van der Waals surface area (Å²) >= 11 is 1.52. The number of hydrogen-bond donors (Lipinski definition) is 2. The van der Waals surface area contributed by atoms with E-state index in [1.54, 1.807) is 0 Å². The van der Waals surface area contributed by atoms with Gasteiger partial charge in [-0.15, -0.1) is 5.10 Å². The van der Waals surface area contributed by atoms with Crippen molar-refractivity contribution < 1.29 is 4.79 Å². The summed E-state index contributed by atoms with van der Waals surface area (Å²) < 4.78 is 3.07. The van der Waals surface area contributed by atoms with Crippen molar-refractivity contribution in [3.8, 4) is 0 Å². The van der Waals surface area contributed by atoms with Crippen LogP contribution in [0.4, 0.5) is 0 Å². The predicted octanol–water partition coefficient (Wildman–Crippen LogP) is 2.36. The van der Waals surface area contributed by atoms with E-state index >= 15 is 0 Å². The van der Waals surface area contributed by atoms with Gasteiger partial charge in [-0.2, -0.15) is 5.10 Å². The van der Waals surface area contributed by atoms with Gasteiger partial charge in [-0.1, -0.05) is 41.7 Å². The van der Waals surface area contributed by atoms with Crippen LogP contribution in [-0.2, 0) is 7.05 Å². The molecule has 0 aliphatic rings. The predicted molar refractivity (Wildman–Crippen MR) is 89.9 cm³/mol. The van der Waals surface area contributed by atoms with E-state index in [0.717, 1.165) is 25.9 Å². The Balaban J connectivity index is 1.69. The molecule has 0 saturated carbocycles. The molecule has 1 amide bonds. The Kier molecular flexibility index (Phi) is 3.20. The van der Waals surface area contributed by atoms with E-state index in [0.29, 0.717) is 5.69 Å². The smallest absolute Gasteiger partial charge is 0.292 e. The number of benzene rings is 2. The molecule has 0 unspecified atom stereocenters. The molecule has 0 spiro atoms. The number of aromatic amines is 1. The van der Waals surface area contributed by atoms with Crippen LogP contribution in [0.5, 0.6) is 0 Å². The molecule has 2 heterocycles. The third-order valence-electron chi connectivity index (χ3n) is 3.65. The summed E-state index contributed by atoms with van der Waals surface area (Å²) in [7, 11) is 1.92. The lowest BCUT2D eigenvalue weighted by atomic mass is 10.2. The third-order valence-corrected chi connectivity index (χ3v) is 4.77. The Morgan fingerprint density at radius 2 is 2.00 bits per heavy atom. The van der Waals surface area contributed by atoms with Crippen molar-refractivity contribution in [2.24, 2.45) is 12.1 Å². The molecule has 0 atom stereocenters. The highest BCUT2D eigenvalue weighted by molar-refractivity contribution is 7.16. The lowest BCUT2D eigenvalue weighted by Gasteiger charge is -1.97. The van der Waals surface area contributed by atoms with Gasteiger partial charge in [-0.05, 0) is 18.2 Å². The first kappa shape index (κ1) is 13.7. The summed E-state index contributed by atoms with van der Waals surface area (Å²) in [5, 5.41) is 11.9.